The normalized spacial score (nSPS) is 13.7. The van der Waals surface area contributed by atoms with Crippen molar-refractivity contribution in [3.05, 3.63) is 0 Å². The summed E-state index contributed by atoms with van der Waals surface area (Å²) in [6.45, 7) is 6.97. The van der Waals surface area contributed by atoms with Gasteiger partial charge in [0.15, 0.2) is 5.96 Å². The Kier molecular flexibility index (Phi) is 8.94. The molecule has 0 aliphatic rings. The van der Waals surface area contributed by atoms with Gasteiger partial charge in [-0.25, -0.2) is 8.42 Å². The quantitative estimate of drug-likeness (QED) is 0.319. The Balaban J connectivity index is 4.23. The van der Waals surface area contributed by atoms with Gasteiger partial charge >= 0.3 is 0 Å². The second kappa shape index (κ2) is 9.57. The summed E-state index contributed by atoms with van der Waals surface area (Å²) in [5.41, 5.74) is 0. The molecule has 7 nitrogen and oxygen atoms in total. The molecular weight excluding hydrogens is 280 g/mol. The first kappa shape index (κ1) is 18.7. The van der Waals surface area contributed by atoms with Crippen LogP contribution in [-0.2, 0) is 14.6 Å². The summed E-state index contributed by atoms with van der Waals surface area (Å²) in [5.74, 6) is 0.686. The minimum atomic E-state index is -2.95. The van der Waals surface area contributed by atoms with Gasteiger partial charge < -0.3 is 16.0 Å². The molecule has 0 rings (SSSR count). The largest absolute Gasteiger partial charge is 0.357 e. The number of nitrogens with zero attached hydrogens (tertiary/aromatic N) is 1. The van der Waals surface area contributed by atoms with Crippen LogP contribution < -0.4 is 16.0 Å². The number of aliphatic imine (C=N–C) groups is 1. The SMILES string of the molecule is CCNC(=NCCNC(C)=O)NC(C)CCS(C)(=O)=O. The maximum atomic E-state index is 11.1. The Morgan fingerprint density at radius 1 is 1.30 bits per heavy atom. The fourth-order valence-corrected chi connectivity index (χ4v) is 2.20. The van der Waals surface area contributed by atoms with E-state index in [1.165, 1.54) is 13.2 Å². The van der Waals surface area contributed by atoms with Gasteiger partial charge in [-0.15, -0.1) is 0 Å². The predicted octanol–water partition coefficient (Wildman–Crippen LogP) is -0.499. The first-order valence-electron chi connectivity index (χ1n) is 6.71. The highest BCUT2D eigenvalue weighted by molar-refractivity contribution is 7.90. The van der Waals surface area contributed by atoms with Crippen molar-refractivity contribution in [1.82, 2.24) is 16.0 Å². The van der Waals surface area contributed by atoms with Gasteiger partial charge in [0.2, 0.25) is 5.91 Å². The Morgan fingerprint density at radius 3 is 2.45 bits per heavy atom. The van der Waals surface area contributed by atoms with Gasteiger partial charge in [0.1, 0.15) is 9.84 Å². The number of rotatable bonds is 8. The van der Waals surface area contributed by atoms with E-state index >= 15 is 0 Å². The van der Waals surface area contributed by atoms with Gasteiger partial charge in [0.05, 0.1) is 12.3 Å². The van der Waals surface area contributed by atoms with Gasteiger partial charge in [-0.05, 0) is 20.3 Å². The summed E-state index contributed by atoms with van der Waals surface area (Å²) >= 11 is 0. The van der Waals surface area contributed by atoms with E-state index in [0.717, 1.165) is 0 Å². The molecular formula is C12H26N4O3S. The second-order valence-corrected chi connectivity index (χ2v) is 6.97. The average Bonchev–Trinajstić information content (AvgIpc) is 2.31. The van der Waals surface area contributed by atoms with Crippen LogP contribution in [0.25, 0.3) is 0 Å². The molecule has 20 heavy (non-hydrogen) atoms. The fourth-order valence-electron chi connectivity index (χ4n) is 1.42. The Bertz CT molecular complexity index is 420. The molecule has 118 valence electrons. The van der Waals surface area contributed by atoms with Crippen molar-refractivity contribution >= 4 is 21.7 Å². The van der Waals surface area contributed by atoms with Crippen molar-refractivity contribution in [2.75, 3.05) is 31.6 Å². The minimum absolute atomic E-state index is 0.00305. The molecule has 0 fully saturated rings. The minimum Gasteiger partial charge on any atom is -0.357 e. The molecule has 0 saturated heterocycles. The van der Waals surface area contributed by atoms with Gasteiger partial charge in [-0.2, -0.15) is 0 Å². The zero-order valence-electron chi connectivity index (χ0n) is 12.7. The average molecular weight is 306 g/mol. The van der Waals surface area contributed by atoms with E-state index < -0.39 is 9.84 Å². The van der Waals surface area contributed by atoms with Gasteiger partial charge in [-0.1, -0.05) is 0 Å². The molecule has 1 atom stereocenters. The Hall–Kier alpha value is -1.31. The highest BCUT2D eigenvalue weighted by Crippen LogP contribution is 1.95. The highest BCUT2D eigenvalue weighted by Gasteiger charge is 2.09. The van der Waals surface area contributed by atoms with E-state index in [1.807, 2.05) is 13.8 Å². The zero-order valence-corrected chi connectivity index (χ0v) is 13.5. The number of nitrogens with one attached hydrogen (secondary N) is 3. The lowest BCUT2D eigenvalue weighted by Gasteiger charge is -2.17. The van der Waals surface area contributed by atoms with Crippen molar-refractivity contribution in [2.45, 2.75) is 33.2 Å². The zero-order chi connectivity index (χ0) is 15.6. The molecule has 3 N–H and O–H groups in total. The lowest BCUT2D eigenvalue weighted by molar-refractivity contribution is -0.118. The lowest BCUT2D eigenvalue weighted by atomic mass is 10.3. The molecule has 8 heteroatoms. The van der Waals surface area contributed by atoms with Crippen molar-refractivity contribution in [2.24, 2.45) is 4.99 Å². The molecule has 0 bridgehead atoms. The lowest BCUT2D eigenvalue weighted by Crippen LogP contribution is -2.43. The van der Waals surface area contributed by atoms with E-state index in [2.05, 4.69) is 20.9 Å². The third-order valence-electron chi connectivity index (χ3n) is 2.40. The van der Waals surface area contributed by atoms with Crippen LogP contribution in [0.4, 0.5) is 0 Å². The molecule has 0 spiro atoms. The predicted molar refractivity (Wildman–Crippen MR) is 81.6 cm³/mol. The molecule has 1 unspecified atom stereocenters. The standard InChI is InChI=1S/C12H26N4O3S/c1-5-13-12(15-8-7-14-11(3)17)16-10(2)6-9-20(4,18)19/h10H,5-9H2,1-4H3,(H,14,17)(H2,13,15,16). The van der Waals surface area contributed by atoms with Crippen LogP contribution in [0.5, 0.6) is 0 Å². The molecule has 0 radical (unpaired) electrons. The van der Waals surface area contributed by atoms with E-state index in [9.17, 15) is 13.2 Å². The van der Waals surface area contributed by atoms with Crippen LogP contribution in [0.1, 0.15) is 27.2 Å². The van der Waals surface area contributed by atoms with Crippen molar-refractivity contribution in [3.63, 3.8) is 0 Å². The summed E-state index contributed by atoms with van der Waals surface area (Å²) in [4.78, 5) is 15.0. The van der Waals surface area contributed by atoms with Crippen LogP contribution in [0.15, 0.2) is 4.99 Å². The summed E-state index contributed by atoms with van der Waals surface area (Å²) in [6, 6.07) is 0.00305. The van der Waals surface area contributed by atoms with Crippen LogP contribution in [0.3, 0.4) is 0 Å². The molecule has 0 aromatic rings. The van der Waals surface area contributed by atoms with Crippen LogP contribution >= 0.6 is 0 Å². The maximum Gasteiger partial charge on any atom is 0.216 e. The third-order valence-corrected chi connectivity index (χ3v) is 3.38. The number of guanidine groups is 1. The topological polar surface area (TPSA) is 99.7 Å². The van der Waals surface area contributed by atoms with Crippen LogP contribution in [0, 0.1) is 0 Å². The summed E-state index contributed by atoms with van der Waals surface area (Å²) in [7, 11) is -2.95. The first-order chi connectivity index (χ1) is 9.24. The first-order valence-corrected chi connectivity index (χ1v) is 8.77. The smallest absolute Gasteiger partial charge is 0.216 e. The van der Waals surface area contributed by atoms with Crippen LogP contribution in [-0.4, -0.2) is 58.0 Å². The molecule has 0 aliphatic carbocycles. The van der Waals surface area contributed by atoms with Crippen molar-refractivity contribution < 1.29 is 13.2 Å². The van der Waals surface area contributed by atoms with Crippen molar-refractivity contribution in [1.29, 1.82) is 0 Å². The summed E-state index contributed by atoms with van der Waals surface area (Å²) < 4.78 is 22.2. The summed E-state index contributed by atoms with van der Waals surface area (Å²) in [5, 5.41) is 8.88. The summed E-state index contributed by atoms with van der Waals surface area (Å²) in [6.07, 6.45) is 1.75. The van der Waals surface area contributed by atoms with E-state index in [-0.39, 0.29) is 17.7 Å². The van der Waals surface area contributed by atoms with E-state index in [4.69, 9.17) is 0 Å². The number of sulfone groups is 1. The highest BCUT2D eigenvalue weighted by atomic mass is 32.2. The molecule has 0 aromatic carbocycles. The molecule has 0 saturated carbocycles. The maximum absolute atomic E-state index is 11.1. The number of carbonyl (C=O) groups is 1. The Labute approximate surface area is 121 Å². The van der Waals surface area contributed by atoms with E-state index in [0.29, 0.717) is 32.0 Å². The number of carbonyl (C=O) groups excluding carboxylic acids is 1. The Morgan fingerprint density at radius 2 is 1.95 bits per heavy atom. The van der Waals surface area contributed by atoms with Crippen molar-refractivity contribution in [3.8, 4) is 0 Å². The fraction of sp³-hybridized carbons (Fsp3) is 0.833. The number of amides is 1. The molecule has 0 aromatic heterocycles. The van der Waals surface area contributed by atoms with Gasteiger partial charge in [0.25, 0.3) is 0 Å². The molecule has 1 amide bonds. The number of hydrogen-bond donors (Lipinski definition) is 3. The van der Waals surface area contributed by atoms with Gasteiger partial charge in [0, 0.05) is 32.3 Å². The number of hydrogen-bond acceptors (Lipinski definition) is 4. The van der Waals surface area contributed by atoms with Crippen LogP contribution in [0.2, 0.25) is 0 Å². The second-order valence-electron chi connectivity index (χ2n) is 4.71. The monoisotopic (exact) mass is 306 g/mol. The van der Waals surface area contributed by atoms with E-state index in [1.54, 1.807) is 0 Å². The van der Waals surface area contributed by atoms with Gasteiger partial charge in [-0.3, -0.25) is 9.79 Å². The molecule has 0 aliphatic heterocycles. The molecule has 0 heterocycles. The third kappa shape index (κ3) is 11.8.